The van der Waals surface area contributed by atoms with Gasteiger partial charge in [-0.2, -0.15) is 9.61 Å². The monoisotopic (exact) mass is 279 g/mol. The lowest BCUT2D eigenvalue weighted by molar-refractivity contribution is 0.607. The second kappa shape index (κ2) is 5.54. The summed E-state index contributed by atoms with van der Waals surface area (Å²) < 4.78 is 1.98. The minimum absolute atomic E-state index is 0.433. The number of nitrogens with one attached hydrogen (secondary N) is 1. The molecule has 2 aromatic rings. The Bertz CT molecular complexity index is 540. The van der Waals surface area contributed by atoms with Crippen LogP contribution in [0.25, 0.3) is 4.96 Å². The Morgan fingerprint density at radius 2 is 2.16 bits per heavy atom. The maximum absolute atomic E-state index is 4.74. The fourth-order valence-electron chi connectivity index (χ4n) is 2.73. The van der Waals surface area contributed by atoms with Gasteiger partial charge in [0.15, 0.2) is 5.82 Å². The van der Waals surface area contributed by atoms with Gasteiger partial charge in [-0.1, -0.05) is 38.0 Å². The summed E-state index contributed by atoms with van der Waals surface area (Å²) in [5.74, 6) is 2.07. The van der Waals surface area contributed by atoms with Crippen LogP contribution in [-0.4, -0.2) is 32.9 Å². The lowest BCUT2D eigenvalue weighted by Crippen LogP contribution is -2.19. The summed E-state index contributed by atoms with van der Waals surface area (Å²) in [5.41, 5.74) is 0. The Balaban J connectivity index is 1.84. The molecule has 0 bridgehead atoms. The van der Waals surface area contributed by atoms with Gasteiger partial charge in [-0.15, -0.1) is 10.2 Å². The molecule has 0 amide bonds. The maximum Gasteiger partial charge on any atom is 0.234 e. The lowest BCUT2D eigenvalue weighted by atomic mass is 10.1. The molecule has 0 saturated heterocycles. The van der Waals surface area contributed by atoms with Crippen LogP contribution in [-0.2, 0) is 0 Å². The standard InChI is InChI=1S/C13H21N5S/c1-3-14-8-9(2)12-17-18-11(10-6-4-5-7-10)15-16-13(18)19-12/h9-10,14H,3-8H2,1-2H3. The molecule has 1 atom stereocenters. The number of hydrogen-bond donors (Lipinski definition) is 1. The van der Waals surface area contributed by atoms with Crippen molar-refractivity contribution in [1.82, 2.24) is 25.1 Å². The smallest absolute Gasteiger partial charge is 0.234 e. The number of hydrogen-bond acceptors (Lipinski definition) is 5. The van der Waals surface area contributed by atoms with Gasteiger partial charge in [-0.3, -0.25) is 0 Å². The van der Waals surface area contributed by atoms with E-state index in [0.29, 0.717) is 11.8 Å². The first-order chi connectivity index (χ1) is 9.29. The highest BCUT2D eigenvalue weighted by atomic mass is 32.1. The third kappa shape index (κ3) is 2.51. The van der Waals surface area contributed by atoms with E-state index >= 15 is 0 Å². The van der Waals surface area contributed by atoms with E-state index in [2.05, 4.69) is 29.4 Å². The van der Waals surface area contributed by atoms with Crippen LogP contribution in [0.1, 0.15) is 62.2 Å². The van der Waals surface area contributed by atoms with Crippen molar-refractivity contribution in [2.75, 3.05) is 13.1 Å². The van der Waals surface area contributed by atoms with Crippen LogP contribution in [0.15, 0.2) is 0 Å². The van der Waals surface area contributed by atoms with E-state index in [-0.39, 0.29) is 0 Å². The number of fused-ring (bicyclic) bond motifs is 1. The van der Waals surface area contributed by atoms with Crippen LogP contribution in [0.4, 0.5) is 0 Å². The fourth-order valence-corrected chi connectivity index (χ4v) is 3.63. The van der Waals surface area contributed by atoms with Crippen molar-refractivity contribution >= 4 is 16.3 Å². The molecule has 2 aromatic heterocycles. The summed E-state index contributed by atoms with van der Waals surface area (Å²) in [6, 6.07) is 0. The van der Waals surface area contributed by atoms with Gasteiger partial charge in [0.05, 0.1) is 0 Å². The van der Waals surface area contributed by atoms with Gasteiger partial charge < -0.3 is 5.32 Å². The maximum atomic E-state index is 4.74. The topological polar surface area (TPSA) is 55.1 Å². The molecule has 5 nitrogen and oxygen atoms in total. The Kier molecular flexibility index (Phi) is 3.79. The van der Waals surface area contributed by atoms with Crippen molar-refractivity contribution in [3.63, 3.8) is 0 Å². The van der Waals surface area contributed by atoms with Crippen molar-refractivity contribution in [1.29, 1.82) is 0 Å². The molecule has 0 aliphatic heterocycles. The van der Waals surface area contributed by atoms with Gasteiger partial charge in [-0.05, 0) is 19.4 Å². The van der Waals surface area contributed by atoms with Gasteiger partial charge in [-0.25, -0.2) is 0 Å². The van der Waals surface area contributed by atoms with Crippen LogP contribution in [0, 0.1) is 0 Å². The molecule has 0 spiro atoms. The average Bonchev–Trinajstić information content (AvgIpc) is 3.09. The first kappa shape index (κ1) is 13.0. The highest BCUT2D eigenvalue weighted by Crippen LogP contribution is 2.34. The van der Waals surface area contributed by atoms with Gasteiger partial charge in [0.1, 0.15) is 5.01 Å². The fraction of sp³-hybridized carbons (Fsp3) is 0.769. The van der Waals surface area contributed by atoms with Crippen molar-refractivity contribution in [3.8, 4) is 0 Å². The minimum Gasteiger partial charge on any atom is -0.316 e. The molecule has 1 fully saturated rings. The highest BCUT2D eigenvalue weighted by Gasteiger charge is 2.24. The van der Waals surface area contributed by atoms with Gasteiger partial charge >= 0.3 is 0 Å². The van der Waals surface area contributed by atoms with E-state index in [0.717, 1.165) is 28.9 Å². The molecule has 19 heavy (non-hydrogen) atoms. The molecule has 1 saturated carbocycles. The number of aromatic nitrogens is 4. The molecule has 1 aliphatic carbocycles. The van der Waals surface area contributed by atoms with Crippen LogP contribution < -0.4 is 5.32 Å². The Morgan fingerprint density at radius 3 is 2.89 bits per heavy atom. The number of nitrogens with zero attached hydrogens (tertiary/aromatic N) is 4. The van der Waals surface area contributed by atoms with Crippen LogP contribution >= 0.6 is 11.3 Å². The first-order valence-electron chi connectivity index (χ1n) is 7.22. The zero-order valence-corrected chi connectivity index (χ0v) is 12.4. The lowest BCUT2D eigenvalue weighted by Gasteiger charge is -2.07. The Hall–Kier alpha value is -1.01. The highest BCUT2D eigenvalue weighted by molar-refractivity contribution is 7.16. The van der Waals surface area contributed by atoms with E-state index < -0.39 is 0 Å². The van der Waals surface area contributed by atoms with Crippen LogP contribution in [0.5, 0.6) is 0 Å². The van der Waals surface area contributed by atoms with Crippen LogP contribution in [0.3, 0.4) is 0 Å². The minimum atomic E-state index is 0.433. The molecule has 1 aliphatic rings. The Labute approximate surface area is 117 Å². The molecule has 1 N–H and O–H groups in total. The summed E-state index contributed by atoms with van der Waals surface area (Å²) in [5, 5.41) is 17.9. The molecular weight excluding hydrogens is 258 g/mol. The summed E-state index contributed by atoms with van der Waals surface area (Å²) in [4.78, 5) is 0.945. The van der Waals surface area contributed by atoms with E-state index in [9.17, 15) is 0 Å². The second-order valence-corrected chi connectivity index (χ2v) is 6.37. The summed E-state index contributed by atoms with van der Waals surface area (Å²) >= 11 is 1.67. The Morgan fingerprint density at radius 1 is 1.37 bits per heavy atom. The van der Waals surface area contributed by atoms with E-state index in [4.69, 9.17) is 5.10 Å². The largest absolute Gasteiger partial charge is 0.316 e. The molecule has 2 heterocycles. The van der Waals surface area contributed by atoms with Crippen molar-refractivity contribution in [2.45, 2.75) is 51.4 Å². The first-order valence-corrected chi connectivity index (χ1v) is 8.04. The normalized spacial score (nSPS) is 18.4. The summed E-state index contributed by atoms with van der Waals surface area (Å²) in [6.45, 7) is 6.31. The molecule has 104 valence electrons. The average molecular weight is 279 g/mol. The second-order valence-electron chi connectivity index (χ2n) is 5.38. The quantitative estimate of drug-likeness (QED) is 0.914. The predicted octanol–water partition coefficient (Wildman–Crippen LogP) is 2.56. The van der Waals surface area contributed by atoms with Crippen molar-refractivity contribution in [2.24, 2.45) is 0 Å². The van der Waals surface area contributed by atoms with Gasteiger partial charge in [0, 0.05) is 18.4 Å². The number of rotatable bonds is 5. The summed E-state index contributed by atoms with van der Waals surface area (Å²) in [7, 11) is 0. The zero-order valence-electron chi connectivity index (χ0n) is 11.6. The van der Waals surface area contributed by atoms with Crippen LogP contribution in [0.2, 0.25) is 0 Å². The number of likely N-dealkylation sites (N-methyl/N-ethyl adjacent to an activating group) is 1. The molecule has 0 aromatic carbocycles. The van der Waals surface area contributed by atoms with E-state index in [1.807, 2.05) is 4.52 Å². The zero-order chi connectivity index (χ0) is 13.2. The third-order valence-corrected chi connectivity index (χ3v) is 5.00. The predicted molar refractivity (Wildman–Crippen MR) is 76.8 cm³/mol. The van der Waals surface area contributed by atoms with E-state index in [1.54, 1.807) is 11.3 Å². The molecular formula is C13H21N5S. The third-order valence-electron chi connectivity index (χ3n) is 3.87. The molecule has 0 radical (unpaired) electrons. The molecule has 3 rings (SSSR count). The van der Waals surface area contributed by atoms with Gasteiger partial charge in [0.2, 0.25) is 4.96 Å². The SMILES string of the molecule is CCNCC(C)c1nn2c(C3CCCC3)nnc2s1. The molecule has 1 unspecified atom stereocenters. The molecule has 6 heteroatoms. The van der Waals surface area contributed by atoms with E-state index in [1.165, 1.54) is 25.7 Å². The van der Waals surface area contributed by atoms with Crippen molar-refractivity contribution < 1.29 is 0 Å². The summed E-state index contributed by atoms with van der Waals surface area (Å²) in [6.07, 6.45) is 5.10. The van der Waals surface area contributed by atoms with Gasteiger partial charge in [0.25, 0.3) is 0 Å². The van der Waals surface area contributed by atoms with Crippen molar-refractivity contribution in [3.05, 3.63) is 10.8 Å².